The van der Waals surface area contributed by atoms with E-state index in [1.165, 1.54) is 11.1 Å². The van der Waals surface area contributed by atoms with E-state index in [-0.39, 0.29) is 11.2 Å². The summed E-state index contributed by atoms with van der Waals surface area (Å²) >= 11 is 0. The van der Waals surface area contributed by atoms with E-state index in [1.807, 2.05) is 31.2 Å². The summed E-state index contributed by atoms with van der Waals surface area (Å²) in [6.45, 7) is 8.50. The lowest BCUT2D eigenvalue weighted by Gasteiger charge is -2.19. The fraction of sp³-hybridized carbons (Fsp3) is 0.240. The number of nitrogens with zero attached hydrogens (tertiary/aromatic N) is 3. The largest absolute Gasteiger partial charge is 0.383 e. The molecule has 0 aliphatic heterocycles. The number of hydrogen-bond donors (Lipinski definition) is 2. The molecule has 0 saturated carbocycles. The first-order chi connectivity index (χ1) is 14.7. The summed E-state index contributed by atoms with van der Waals surface area (Å²) in [7, 11) is 0. The number of carbonyl (C=O) groups excluding carboxylic acids is 1. The predicted octanol–water partition coefficient (Wildman–Crippen LogP) is 4.76. The average Bonchev–Trinajstić information content (AvgIpc) is 3.40. The zero-order valence-corrected chi connectivity index (χ0v) is 18.2. The standard InChI is InChI=1S/C25H25N5O/c1-14-28-21-8-7-19(12-22(21)29-14)30-24(26)20(13-27-30)23(31)17-9-15-5-6-18(25(2,3)4)11-16(15)10-17/h5-9,11-13H,10,26H2,1-4H3,(H,28,29). The van der Waals surface area contributed by atoms with Gasteiger partial charge in [0.25, 0.3) is 0 Å². The molecule has 2 heterocycles. The Kier molecular flexibility index (Phi) is 4.15. The number of allylic oxidation sites excluding steroid dienone is 1. The number of nitrogens with one attached hydrogen (secondary N) is 1. The highest BCUT2D eigenvalue weighted by Crippen LogP contribution is 2.33. The molecule has 0 radical (unpaired) electrons. The van der Waals surface area contributed by atoms with Crippen LogP contribution in [0.4, 0.5) is 5.82 Å². The molecule has 0 amide bonds. The maximum Gasteiger partial charge on any atom is 0.194 e. The lowest BCUT2D eigenvalue weighted by atomic mass is 9.85. The van der Waals surface area contributed by atoms with Crippen LogP contribution in [-0.2, 0) is 11.8 Å². The van der Waals surface area contributed by atoms with E-state index in [0.29, 0.717) is 17.8 Å². The SMILES string of the molecule is Cc1nc2ccc(-n3ncc(C(=O)C4=Cc5ccc(C(C)(C)C)cc5C4)c3N)cc2[nH]1. The van der Waals surface area contributed by atoms with Gasteiger partial charge in [-0.2, -0.15) is 5.10 Å². The van der Waals surface area contributed by atoms with Gasteiger partial charge in [0.15, 0.2) is 5.78 Å². The highest BCUT2D eigenvalue weighted by Gasteiger charge is 2.25. The summed E-state index contributed by atoms with van der Waals surface area (Å²) in [4.78, 5) is 20.9. The van der Waals surface area contributed by atoms with E-state index in [0.717, 1.165) is 33.7 Å². The maximum atomic E-state index is 13.3. The smallest absolute Gasteiger partial charge is 0.194 e. The molecule has 0 unspecified atom stereocenters. The van der Waals surface area contributed by atoms with Crippen LogP contribution in [0.25, 0.3) is 22.8 Å². The van der Waals surface area contributed by atoms with Gasteiger partial charge in [0.05, 0.1) is 28.5 Å². The van der Waals surface area contributed by atoms with E-state index < -0.39 is 0 Å². The quantitative estimate of drug-likeness (QED) is 0.476. The molecule has 4 aromatic rings. The maximum absolute atomic E-state index is 13.3. The van der Waals surface area contributed by atoms with Crippen molar-refractivity contribution in [2.24, 2.45) is 0 Å². The fourth-order valence-electron chi connectivity index (χ4n) is 4.12. The van der Waals surface area contributed by atoms with Crippen LogP contribution in [0.5, 0.6) is 0 Å². The van der Waals surface area contributed by atoms with E-state index in [9.17, 15) is 4.79 Å². The zero-order valence-electron chi connectivity index (χ0n) is 18.2. The molecule has 1 aliphatic carbocycles. The van der Waals surface area contributed by atoms with Crippen molar-refractivity contribution in [3.8, 4) is 5.69 Å². The number of ketones is 1. The number of anilines is 1. The predicted molar refractivity (Wildman–Crippen MR) is 124 cm³/mol. The lowest BCUT2D eigenvalue weighted by Crippen LogP contribution is -2.11. The molecule has 0 saturated heterocycles. The van der Waals surface area contributed by atoms with Crippen molar-refractivity contribution in [3.05, 3.63) is 76.2 Å². The number of hydrogen-bond acceptors (Lipinski definition) is 4. The number of nitrogen functional groups attached to an aromatic ring is 1. The Morgan fingerprint density at radius 1 is 1.16 bits per heavy atom. The first-order valence-electron chi connectivity index (χ1n) is 10.4. The number of aromatic amines is 1. The Labute approximate surface area is 180 Å². The van der Waals surface area contributed by atoms with Gasteiger partial charge in [0.2, 0.25) is 0 Å². The van der Waals surface area contributed by atoms with Crippen LogP contribution in [0.1, 0.15) is 53.6 Å². The highest BCUT2D eigenvalue weighted by atomic mass is 16.1. The summed E-state index contributed by atoms with van der Waals surface area (Å²) in [5, 5.41) is 4.40. The normalized spacial score (nSPS) is 13.5. The zero-order chi connectivity index (χ0) is 21.9. The van der Waals surface area contributed by atoms with Gasteiger partial charge in [-0.15, -0.1) is 0 Å². The summed E-state index contributed by atoms with van der Waals surface area (Å²) in [5.41, 5.74) is 13.7. The molecule has 2 aromatic carbocycles. The topological polar surface area (TPSA) is 89.6 Å². The molecule has 0 spiro atoms. The molecule has 0 atom stereocenters. The van der Waals surface area contributed by atoms with Crippen molar-refractivity contribution < 1.29 is 4.79 Å². The Bertz CT molecular complexity index is 1380. The van der Waals surface area contributed by atoms with Crippen LogP contribution in [-0.4, -0.2) is 25.5 Å². The average molecular weight is 412 g/mol. The Morgan fingerprint density at radius 3 is 2.74 bits per heavy atom. The van der Waals surface area contributed by atoms with Crippen LogP contribution in [0.15, 0.2) is 48.2 Å². The van der Waals surface area contributed by atoms with Crippen LogP contribution >= 0.6 is 0 Å². The number of aromatic nitrogens is 4. The first-order valence-corrected chi connectivity index (χ1v) is 10.4. The number of rotatable bonds is 3. The van der Waals surface area contributed by atoms with Crippen molar-refractivity contribution in [1.82, 2.24) is 19.7 Å². The first kappa shape index (κ1) is 19.3. The minimum absolute atomic E-state index is 0.0711. The van der Waals surface area contributed by atoms with Crippen molar-refractivity contribution in [2.45, 2.75) is 39.5 Å². The number of fused-ring (bicyclic) bond motifs is 2. The molecule has 1 aliphatic rings. The molecule has 6 heteroatoms. The van der Waals surface area contributed by atoms with Crippen molar-refractivity contribution >= 4 is 28.7 Å². The van der Waals surface area contributed by atoms with Crippen molar-refractivity contribution in [2.75, 3.05) is 5.73 Å². The Morgan fingerprint density at radius 2 is 1.97 bits per heavy atom. The van der Waals surface area contributed by atoms with E-state index in [2.05, 4.69) is 54.0 Å². The van der Waals surface area contributed by atoms with Gasteiger partial charge in [-0.3, -0.25) is 4.79 Å². The lowest BCUT2D eigenvalue weighted by molar-refractivity contribution is 0.103. The molecular formula is C25H25N5O. The Balaban J connectivity index is 1.44. The molecule has 6 nitrogen and oxygen atoms in total. The monoisotopic (exact) mass is 411 g/mol. The second-order valence-electron chi connectivity index (χ2n) is 9.22. The van der Waals surface area contributed by atoms with Gasteiger partial charge in [-0.25, -0.2) is 9.67 Å². The number of H-pyrrole nitrogens is 1. The van der Waals surface area contributed by atoms with Gasteiger partial charge in [0.1, 0.15) is 11.6 Å². The number of benzene rings is 2. The Hall–Kier alpha value is -3.67. The van der Waals surface area contributed by atoms with Crippen molar-refractivity contribution in [1.29, 1.82) is 0 Å². The van der Waals surface area contributed by atoms with Crippen molar-refractivity contribution in [3.63, 3.8) is 0 Å². The molecule has 5 rings (SSSR count). The molecule has 156 valence electrons. The number of Topliss-reactive ketones (excluding diaryl/α,β-unsaturated/α-hetero) is 1. The van der Waals surface area contributed by atoms with Crippen LogP contribution in [0.2, 0.25) is 0 Å². The van der Waals surface area contributed by atoms with E-state index >= 15 is 0 Å². The second-order valence-corrected chi connectivity index (χ2v) is 9.22. The van der Waals surface area contributed by atoms with Gasteiger partial charge in [-0.1, -0.05) is 39.0 Å². The summed E-state index contributed by atoms with van der Waals surface area (Å²) in [6, 6.07) is 12.2. The molecule has 2 aromatic heterocycles. The highest BCUT2D eigenvalue weighted by molar-refractivity contribution is 6.15. The third-order valence-corrected chi connectivity index (χ3v) is 5.89. The third-order valence-electron chi connectivity index (χ3n) is 5.89. The number of nitrogens with two attached hydrogens (primary N) is 1. The van der Waals surface area contributed by atoms with E-state index in [4.69, 9.17) is 5.73 Å². The van der Waals surface area contributed by atoms with Gasteiger partial charge in [0, 0.05) is 12.0 Å². The summed E-state index contributed by atoms with van der Waals surface area (Å²) in [6.07, 6.45) is 4.15. The molecule has 31 heavy (non-hydrogen) atoms. The summed E-state index contributed by atoms with van der Waals surface area (Å²) < 4.78 is 1.60. The third kappa shape index (κ3) is 3.24. The van der Waals surface area contributed by atoms with Gasteiger partial charge in [-0.05, 0) is 53.3 Å². The van der Waals surface area contributed by atoms with E-state index in [1.54, 1.807) is 10.9 Å². The minimum atomic E-state index is -0.0734. The second kappa shape index (κ2) is 6.67. The fourth-order valence-corrected chi connectivity index (χ4v) is 4.12. The molecule has 3 N–H and O–H groups in total. The van der Waals surface area contributed by atoms with Gasteiger partial charge < -0.3 is 10.7 Å². The number of aryl methyl sites for hydroxylation is 1. The number of imidazole rings is 1. The molecule has 0 fully saturated rings. The van der Waals surface area contributed by atoms with Crippen LogP contribution < -0.4 is 5.73 Å². The van der Waals surface area contributed by atoms with Crippen LogP contribution in [0, 0.1) is 6.92 Å². The summed E-state index contributed by atoms with van der Waals surface area (Å²) in [5.74, 6) is 1.11. The molecular weight excluding hydrogens is 386 g/mol. The number of carbonyl (C=O) groups is 1. The minimum Gasteiger partial charge on any atom is -0.383 e. The molecule has 0 bridgehead atoms. The van der Waals surface area contributed by atoms with Crippen LogP contribution in [0.3, 0.4) is 0 Å². The van der Waals surface area contributed by atoms with Gasteiger partial charge >= 0.3 is 0 Å².